The minimum Gasteiger partial charge on any atom is -0.364 e. The molecular formula is C17H29N3. The Morgan fingerprint density at radius 2 is 2.15 bits per heavy atom. The summed E-state index contributed by atoms with van der Waals surface area (Å²) in [5, 5.41) is 3.76. The topological polar surface area (TPSA) is 28.2 Å². The van der Waals surface area contributed by atoms with Crippen molar-refractivity contribution in [3.05, 3.63) is 24.0 Å². The molecule has 0 radical (unpaired) electrons. The Bertz CT molecular complexity index is 430. The molecule has 2 rings (SSSR count). The zero-order chi connectivity index (χ0) is 14.7. The van der Waals surface area contributed by atoms with E-state index in [1.807, 2.05) is 6.20 Å². The van der Waals surface area contributed by atoms with Gasteiger partial charge in [0.1, 0.15) is 0 Å². The van der Waals surface area contributed by atoms with Crippen LogP contribution >= 0.6 is 0 Å². The standard InChI is InChI=1S/C17H29N3/c1-6-13(4)15-11-20(17(10-19-15)12(2)3)16-8-7-9-18-14(16)5/h7-9,12-13,15,17,19H,6,10-11H2,1-5H3. The van der Waals surface area contributed by atoms with Gasteiger partial charge in [-0.2, -0.15) is 0 Å². The summed E-state index contributed by atoms with van der Waals surface area (Å²) >= 11 is 0. The van der Waals surface area contributed by atoms with Crippen LogP contribution in [0.4, 0.5) is 5.69 Å². The molecule has 3 unspecified atom stereocenters. The van der Waals surface area contributed by atoms with E-state index >= 15 is 0 Å². The Balaban J connectivity index is 2.26. The summed E-state index contributed by atoms with van der Waals surface area (Å²) in [5.41, 5.74) is 2.45. The van der Waals surface area contributed by atoms with Gasteiger partial charge in [0.15, 0.2) is 0 Å². The van der Waals surface area contributed by atoms with Crippen LogP contribution in [0.3, 0.4) is 0 Å². The molecule has 1 N–H and O–H groups in total. The van der Waals surface area contributed by atoms with Crippen LogP contribution in [0.15, 0.2) is 18.3 Å². The maximum atomic E-state index is 4.48. The molecule has 112 valence electrons. The first-order chi connectivity index (χ1) is 9.54. The lowest BCUT2D eigenvalue weighted by Gasteiger charge is -2.45. The van der Waals surface area contributed by atoms with Crippen molar-refractivity contribution in [2.24, 2.45) is 11.8 Å². The Kier molecular flexibility index (Phi) is 5.03. The number of aromatic nitrogens is 1. The van der Waals surface area contributed by atoms with Gasteiger partial charge in [-0.25, -0.2) is 0 Å². The largest absolute Gasteiger partial charge is 0.364 e. The lowest BCUT2D eigenvalue weighted by Crippen LogP contribution is -2.60. The van der Waals surface area contributed by atoms with E-state index < -0.39 is 0 Å². The van der Waals surface area contributed by atoms with Crippen molar-refractivity contribution in [2.75, 3.05) is 18.0 Å². The highest BCUT2D eigenvalue weighted by molar-refractivity contribution is 5.51. The molecule has 1 aromatic heterocycles. The Hall–Kier alpha value is -1.09. The van der Waals surface area contributed by atoms with Crippen molar-refractivity contribution >= 4 is 5.69 Å². The van der Waals surface area contributed by atoms with Crippen LogP contribution in [0.1, 0.15) is 39.8 Å². The molecule has 0 aliphatic carbocycles. The number of anilines is 1. The highest BCUT2D eigenvalue weighted by atomic mass is 15.2. The summed E-state index contributed by atoms with van der Waals surface area (Å²) in [6.45, 7) is 13.5. The summed E-state index contributed by atoms with van der Waals surface area (Å²) in [6.07, 6.45) is 3.11. The molecule has 0 saturated carbocycles. The predicted octanol–water partition coefficient (Wildman–Crippen LogP) is 3.24. The third kappa shape index (κ3) is 3.14. The maximum Gasteiger partial charge on any atom is 0.0605 e. The predicted molar refractivity (Wildman–Crippen MR) is 86.2 cm³/mol. The minimum atomic E-state index is 0.554. The molecule has 1 aliphatic heterocycles. The van der Waals surface area contributed by atoms with Gasteiger partial charge in [0, 0.05) is 31.4 Å². The van der Waals surface area contributed by atoms with E-state index in [2.05, 4.69) is 62.0 Å². The molecule has 0 bridgehead atoms. The van der Waals surface area contributed by atoms with Crippen LogP contribution < -0.4 is 10.2 Å². The maximum absolute atomic E-state index is 4.48. The second-order valence-corrected chi connectivity index (χ2v) is 6.47. The zero-order valence-corrected chi connectivity index (χ0v) is 13.6. The molecule has 1 fully saturated rings. The Morgan fingerprint density at radius 1 is 1.40 bits per heavy atom. The van der Waals surface area contributed by atoms with Crippen molar-refractivity contribution in [1.29, 1.82) is 0 Å². The fourth-order valence-electron chi connectivity index (χ4n) is 3.11. The van der Waals surface area contributed by atoms with E-state index in [1.54, 1.807) is 0 Å². The van der Waals surface area contributed by atoms with Crippen molar-refractivity contribution in [2.45, 2.75) is 53.1 Å². The summed E-state index contributed by atoms with van der Waals surface area (Å²) in [5.74, 6) is 1.35. The van der Waals surface area contributed by atoms with Gasteiger partial charge in [-0.1, -0.05) is 34.1 Å². The smallest absolute Gasteiger partial charge is 0.0605 e. The molecule has 1 aliphatic rings. The molecule has 0 spiro atoms. The van der Waals surface area contributed by atoms with E-state index in [0.717, 1.165) is 18.8 Å². The van der Waals surface area contributed by atoms with E-state index in [0.29, 0.717) is 23.9 Å². The number of hydrogen-bond donors (Lipinski definition) is 1. The number of pyridine rings is 1. The zero-order valence-electron chi connectivity index (χ0n) is 13.6. The van der Waals surface area contributed by atoms with Crippen molar-refractivity contribution in [1.82, 2.24) is 10.3 Å². The lowest BCUT2D eigenvalue weighted by atomic mass is 9.91. The molecule has 0 amide bonds. The molecule has 3 atom stereocenters. The third-order valence-corrected chi connectivity index (χ3v) is 4.77. The second-order valence-electron chi connectivity index (χ2n) is 6.47. The number of hydrogen-bond acceptors (Lipinski definition) is 3. The fraction of sp³-hybridized carbons (Fsp3) is 0.706. The second kappa shape index (κ2) is 6.57. The number of nitrogens with one attached hydrogen (secondary N) is 1. The van der Waals surface area contributed by atoms with Crippen molar-refractivity contribution in [3.8, 4) is 0 Å². The molecule has 2 heterocycles. The summed E-state index contributed by atoms with van der Waals surface area (Å²) in [7, 11) is 0. The van der Waals surface area contributed by atoms with Crippen molar-refractivity contribution < 1.29 is 0 Å². The molecular weight excluding hydrogens is 246 g/mol. The van der Waals surface area contributed by atoms with Gasteiger partial charge in [-0.05, 0) is 30.9 Å². The molecule has 3 nitrogen and oxygen atoms in total. The highest BCUT2D eigenvalue weighted by Gasteiger charge is 2.32. The summed E-state index contributed by atoms with van der Waals surface area (Å²) in [6, 6.07) is 5.41. The molecule has 0 aromatic carbocycles. The Labute approximate surface area is 123 Å². The van der Waals surface area contributed by atoms with E-state index in [1.165, 1.54) is 12.1 Å². The van der Waals surface area contributed by atoms with E-state index in [4.69, 9.17) is 0 Å². The van der Waals surface area contributed by atoms with E-state index in [-0.39, 0.29) is 0 Å². The number of aryl methyl sites for hydroxylation is 1. The normalized spacial score (nSPS) is 25.0. The summed E-state index contributed by atoms with van der Waals surface area (Å²) < 4.78 is 0. The molecule has 20 heavy (non-hydrogen) atoms. The average molecular weight is 275 g/mol. The van der Waals surface area contributed by atoms with Gasteiger partial charge in [-0.3, -0.25) is 4.98 Å². The van der Waals surface area contributed by atoms with Crippen LogP contribution in [0.5, 0.6) is 0 Å². The molecule has 1 aromatic rings. The van der Waals surface area contributed by atoms with Crippen LogP contribution in [-0.2, 0) is 0 Å². The fourth-order valence-corrected chi connectivity index (χ4v) is 3.11. The third-order valence-electron chi connectivity index (χ3n) is 4.77. The van der Waals surface area contributed by atoms with Gasteiger partial charge >= 0.3 is 0 Å². The first-order valence-corrected chi connectivity index (χ1v) is 7.96. The van der Waals surface area contributed by atoms with Gasteiger partial charge in [-0.15, -0.1) is 0 Å². The quantitative estimate of drug-likeness (QED) is 0.914. The number of nitrogens with zero attached hydrogens (tertiary/aromatic N) is 2. The van der Waals surface area contributed by atoms with Gasteiger partial charge in [0.25, 0.3) is 0 Å². The highest BCUT2D eigenvalue weighted by Crippen LogP contribution is 2.27. The monoisotopic (exact) mass is 275 g/mol. The first kappa shape index (κ1) is 15.3. The van der Waals surface area contributed by atoms with E-state index in [9.17, 15) is 0 Å². The van der Waals surface area contributed by atoms with Gasteiger partial charge in [0.2, 0.25) is 0 Å². The SMILES string of the molecule is CCC(C)C1CN(c2cccnc2C)C(C(C)C)CN1. The molecule has 1 saturated heterocycles. The molecule has 3 heteroatoms. The lowest BCUT2D eigenvalue weighted by molar-refractivity contribution is 0.281. The van der Waals surface area contributed by atoms with Gasteiger partial charge in [0.05, 0.1) is 11.4 Å². The van der Waals surface area contributed by atoms with Gasteiger partial charge < -0.3 is 10.2 Å². The number of piperazine rings is 1. The number of rotatable bonds is 4. The Morgan fingerprint density at radius 3 is 2.75 bits per heavy atom. The average Bonchev–Trinajstić information content (AvgIpc) is 2.46. The summed E-state index contributed by atoms with van der Waals surface area (Å²) in [4.78, 5) is 7.06. The van der Waals surface area contributed by atoms with Crippen molar-refractivity contribution in [3.63, 3.8) is 0 Å². The van der Waals surface area contributed by atoms with Crippen LogP contribution in [0.2, 0.25) is 0 Å². The van der Waals surface area contributed by atoms with Crippen LogP contribution in [-0.4, -0.2) is 30.2 Å². The minimum absolute atomic E-state index is 0.554. The first-order valence-electron chi connectivity index (χ1n) is 7.96. The van der Waals surface area contributed by atoms with Crippen LogP contribution in [0, 0.1) is 18.8 Å². The van der Waals surface area contributed by atoms with Crippen LogP contribution in [0.25, 0.3) is 0 Å².